The summed E-state index contributed by atoms with van der Waals surface area (Å²) in [4.78, 5) is 16.8. The van der Waals surface area contributed by atoms with Gasteiger partial charge in [-0.25, -0.2) is 4.98 Å². The molecule has 0 aliphatic heterocycles. The molecule has 4 nitrogen and oxygen atoms in total. The molecule has 3 rings (SSSR count). The van der Waals surface area contributed by atoms with Crippen LogP contribution >= 0.6 is 0 Å². The van der Waals surface area contributed by atoms with Crippen molar-refractivity contribution in [3.8, 4) is 11.5 Å². The number of nitrogens with one attached hydrogen (secondary N) is 1. The number of aryl methyl sites for hydroxylation is 1. The topological polar surface area (TPSA) is 55.1 Å². The van der Waals surface area contributed by atoms with Gasteiger partial charge in [0.1, 0.15) is 5.52 Å². The molecule has 136 valence electrons. The highest BCUT2D eigenvalue weighted by molar-refractivity contribution is 5.92. The molecule has 1 N–H and O–H groups in total. The summed E-state index contributed by atoms with van der Waals surface area (Å²) in [6.07, 6.45) is 0.504. The van der Waals surface area contributed by atoms with Crippen LogP contribution in [-0.4, -0.2) is 10.9 Å². The molecule has 26 heavy (non-hydrogen) atoms. The maximum Gasteiger partial charge on any atom is 0.227 e. The first kappa shape index (κ1) is 18.2. The molecule has 1 aromatic heterocycles. The standard InChI is InChI=1S/C22H26N2O2/c1-13(2)10-21(25)23-18-12-17(7-6-15(18)5)22-24-19-11-16(14(3)4)8-9-20(19)26-22/h6-9,11-14H,10H2,1-5H3,(H,23,25). The summed E-state index contributed by atoms with van der Waals surface area (Å²) in [6.45, 7) is 10.4. The molecule has 0 unspecified atom stereocenters. The highest BCUT2D eigenvalue weighted by Crippen LogP contribution is 2.29. The van der Waals surface area contributed by atoms with Crippen molar-refractivity contribution in [2.24, 2.45) is 5.92 Å². The third-order valence-electron chi connectivity index (χ3n) is 4.43. The van der Waals surface area contributed by atoms with Gasteiger partial charge < -0.3 is 9.73 Å². The summed E-state index contributed by atoms with van der Waals surface area (Å²) in [6, 6.07) is 12.0. The summed E-state index contributed by atoms with van der Waals surface area (Å²) >= 11 is 0. The van der Waals surface area contributed by atoms with Crippen LogP contribution in [0, 0.1) is 12.8 Å². The molecule has 0 fully saturated rings. The Morgan fingerprint density at radius 2 is 1.88 bits per heavy atom. The number of aromatic nitrogens is 1. The van der Waals surface area contributed by atoms with Crippen LogP contribution in [0.3, 0.4) is 0 Å². The summed E-state index contributed by atoms with van der Waals surface area (Å²) in [5.74, 6) is 1.37. The Morgan fingerprint density at radius 1 is 1.12 bits per heavy atom. The van der Waals surface area contributed by atoms with Gasteiger partial charge in [0.25, 0.3) is 0 Å². The lowest BCUT2D eigenvalue weighted by Gasteiger charge is -2.10. The molecule has 0 saturated carbocycles. The maximum absolute atomic E-state index is 12.1. The number of benzene rings is 2. The van der Waals surface area contributed by atoms with E-state index in [1.165, 1.54) is 5.56 Å². The minimum absolute atomic E-state index is 0.0272. The number of carbonyl (C=O) groups is 1. The molecule has 0 atom stereocenters. The fourth-order valence-corrected chi connectivity index (χ4v) is 2.89. The number of hydrogen-bond donors (Lipinski definition) is 1. The first-order valence-corrected chi connectivity index (χ1v) is 9.15. The molecule has 0 aliphatic rings. The van der Waals surface area contributed by atoms with Crippen LogP contribution in [0.25, 0.3) is 22.6 Å². The van der Waals surface area contributed by atoms with E-state index < -0.39 is 0 Å². The predicted octanol–water partition coefficient (Wildman–Crippen LogP) is 5.91. The average molecular weight is 350 g/mol. The van der Waals surface area contributed by atoms with Crippen molar-refractivity contribution in [1.82, 2.24) is 4.98 Å². The van der Waals surface area contributed by atoms with E-state index in [-0.39, 0.29) is 5.91 Å². The van der Waals surface area contributed by atoms with Crippen molar-refractivity contribution in [3.63, 3.8) is 0 Å². The Labute approximate surface area is 154 Å². The minimum Gasteiger partial charge on any atom is -0.436 e. The van der Waals surface area contributed by atoms with Gasteiger partial charge in [-0.2, -0.15) is 0 Å². The van der Waals surface area contributed by atoms with Crippen molar-refractivity contribution in [2.45, 2.75) is 47.0 Å². The average Bonchev–Trinajstić information content (AvgIpc) is 2.99. The number of anilines is 1. The minimum atomic E-state index is 0.0272. The quantitative estimate of drug-likeness (QED) is 0.622. The highest BCUT2D eigenvalue weighted by Gasteiger charge is 2.13. The van der Waals surface area contributed by atoms with Crippen LogP contribution in [0.2, 0.25) is 0 Å². The molecule has 4 heteroatoms. The zero-order valence-electron chi connectivity index (χ0n) is 16.1. The van der Waals surface area contributed by atoms with Gasteiger partial charge in [0, 0.05) is 17.7 Å². The third kappa shape index (κ3) is 3.96. The fraction of sp³-hybridized carbons (Fsp3) is 0.364. The number of fused-ring (bicyclic) bond motifs is 1. The zero-order chi connectivity index (χ0) is 18.8. The third-order valence-corrected chi connectivity index (χ3v) is 4.43. The smallest absolute Gasteiger partial charge is 0.227 e. The second-order valence-electron chi connectivity index (χ2n) is 7.58. The van der Waals surface area contributed by atoms with Gasteiger partial charge in [0.15, 0.2) is 5.58 Å². The number of rotatable bonds is 5. The van der Waals surface area contributed by atoms with Gasteiger partial charge in [-0.1, -0.05) is 39.8 Å². The molecule has 0 aliphatic carbocycles. The van der Waals surface area contributed by atoms with Crippen molar-refractivity contribution in [2.75, 3.05) is 5.32 Å². The van der Waals surface area contributed by atoms with Crippen molar-refractivity contribution in [1.29, 1.82) is 0 Å². The molecule has 1 amide bonds. The Morgan fingerprint density at radius 3 is 2.58 bits per heavy atom. The fourth-order valence-electron chi connectivity index (χ4n) is 2.89. The van der Waals surface area contributed by atoms with Crippen molar-refractivity contribution < 1.29 is 9.21 Å². The van der Waals surface area contributed by atoms with Crippen LogP contribution < -0.4 is 5.32 Å². The first-order chi connectivity index (χ1) is 12.3. The summed E-state index contributed by atoms with van der Waals surface area (Å²) in [5.41, 5.74) is 5.55. The Kier molecular flexibility index (Phi) is 5.12. The van der Waals surface area contributed by atoms with Gasteiger partial charge >= 0.3 is 0 Å². The number of oxazole rings is 1. The van der Waals surface area contributed by atoms with E-state index in [0.717, 1.165) is 27.9 Å². The molecular formula is C22H26N2O2. The normalized spacial score (nSPS) is 11.5. The molecular weight excluding hydrogens is 324 g/mol. The van der Waals surface area contributed by atoms with Crippen LogP contribution in [-0.2, 0) is 4.79 Å². The van der Waals surface area contributed by atoms with Crippen molar-refractivity contribution >= 4 is 22.7 Å². The predicted molar refractivity (Wildman–Crippen MR) is 106 cm³/mol. The Bertz CT molecular complexity index is 938. The largest absolute Gasteiger partial charge is 0.436 e. The number of hydrogen-bond acceptors (Lipinski definition) is 3. The van der Waals surface area contributed by atoms with Gasteiger partial charge in [-0.3, -0.25) is 4.79 Å². The molecule has 0 saturated heterocycles. The first-order valence-electron chi connectivity index (χ1n) is 9.15. The van der Waals surface area contributed by atoms with E-state index in [1.54, 1.807) is 0 Å². The van der Waals surface area contributed by atoms with E-state index in [0.29, 0.717) is 24.1 Å². The summed E-state index contributed by atoms with van der Waals surface area (Å²) < 4.78 is 5.93. The van der Waals surface area contributed by atoms with Gasteiger partial charge in [-0.05, 0) is 54.2 Å². The van der Waals surface area contributed by atoms with Gasteiger partial charge in [0.2, 0.25) is 11.8 Å². The van der Waals surface area contributed by atoms with Gasteiger partial charge in [0.05, 0.1) is 0 Å². The Hall–Kier alpha value is -2.62. The van der Waals surface area contributed by atoms with E-state index in [4.69, 9.17) is 4.42 Å². The lowest BCUT2D eigenvalue weighted by molar-refractivity contribution is -0.116. The number of amides is 1. The molecule has 3 aromatic rings. The van der Waals surface area contributed by atoms with Crippen LogP contribution in [0.15, 0.2) is 40.8 Å². The van der Waals surface area contributed by atoms with E-state index in [1.807, 2.05) is 45.0 Å². The Balaban J connectivity index is 1.93. The molecule has 0 bridgehead atoms. The monoisotopic (exact) mass is 350 g/mol. The molecule has 0 spiro atoms. The van der Waals surface area contributed by atoms with E-state index in [2.05, 4.69) is 36.3 Å². The van der Waals surface area contributed by atoms with E-state index in [9.17, 15) is 4.79 Å². The van der Waals surface area contributed by atoms with Crippen LogP contribution in [0.4, 0.5) is 5.69 Å². The molecule has 1 heterocycles. The second kappa shape index (κ2) is 7.32. The second-order valence-corrected chi connectivity index (χ2v) is 7.58. The molecule has 2 aromatic carbocycles. The SMILES string of the molecule is Cc1ccc(-c2nc3cc(C(C)C)ccc3o2)cc1NC(=O)CC(C)C. The summed E-state index contributed by atoms with van der Waals surface area (Å²) in [5, 5.41) is 3.00. The maximum atomic E-state index is 12.1. The molecule has 0 radical (unpaired) electrons. The number of nitrogens with zero attached hydrogens (tertiary/aromatic N) is 1. The lowest BCUT2D eigenvalue weighted by atomic mass is 10.0. The zero-order valence-corrected chi connectivity index (χ0v) is 16.1. The van der Waals surface area contributed by atoms with Gasteiger partial charge in [-0.15, -0.1) is 0 Å². The summed E-state index contributed by atoms with van der Waals surface area (Å²) in [7, 11) is 0. The van der Waals surface area contributed by atoms with Crippen molar-refractivity contribution in [3.05, 3.63) is 47.5 Å². The highest BCUT2D eigenvalue weighted by atomic mass is 16.3. The van der Waals surface area contributed by atoms with Crippen LogP contribution in [0.5, 0.6) is 0 Å². The number of carbonyl (C=O) groups excluding carboxylic acids is 1. The van der Waals surface area contributed by atoms with Crippen LogP contribution in [0.1, 0.15) is 51.2 Å². The lowest BCUT2D eigenvalue weighted by Crippen LogP contribution is -2.14. The van der Waals surface area contributed by atoms with E-state index >= 15 is 0 Å².